The normalized spacial score (nSPS) is 18.0. The van der Waals surface area contributed by atoms with Gasteiger partial charge >= 0.3 is 0 Å². The lowest BCUT2D eigenvalue weighted by molar-refractivity contribution is 0.0583. The Morgan fingerprint density at radius 2 is 1.66 bits per heavy atom. The minimum absolute atomic E-state index is 0.00177. The van der Waals surface area contributed by atoms with Gasteiger partial charge in [-0.15, -0.1) is 0 Å². The van der Waals surface area contributed by atoms with Crippen LogP contribution in [0.4, 0.5) is 5.69 Å². The number of rotatable bonds is 6. The summed E-state index contributed by atoms with van der Waals surface area (Å²) in [6.45, 7) is 0.475. The van der Waals surface area contributed by atoms with E-state index < -0.39 is 0 Å². The number of carbonyl (C=O) groups is 2. The van der Waals surface area contributed by atoms with Gasteiger partial charge < -0.3 is 16.0 Å². The summed E-state index contributed by atoms with van der Waals surface area (Å²) in [6, 6.07) is 20.4. The number of nitrogens with two attached hydrogens (primary N) is 1. The van der Waals surface area contributed by atoms with Crippen molar-refractivity contribution < 1.29 is 9.59 Å². The van der Waals surface area contributed by atoms with Gasteiger partial charge in [-0.2, -0.15) is 0 Å². The van der Waals surface area contributed by atoms with Crippen LogP contribution in [0.5, 0.6) is 0 Å². The molecule has 2 atom stereocenters. The largest absolute Gasteiger partial charge is 0.330 e. The zero-order valence-electron chi connectivity index (χ0n) is 18.0. The zero-order chi connectivity index (χ0) is 22.3. The van der Waals surface area contributed by atoms with Gasteiger partial charge in [0.05, 0.1) is 5.56 Å². The van der Waals surface area contributed by atoms with Crippen LogP contribution in [0.3, 0.4) is 0 Å². The molecule has 1 aromatic heterocycles. The molecule has 32 heavy (non-hydrogen) atoms. The van der Waals surface area contributed by atoms with Crippen LogP contribution in [0, 0.1) is 0 Å². The van der Waals surface area contributed by atoms with Gasteiger partial charge in [-0.05, 0) is 54.8 Å². The second kappa shape index (κ2) is 10.2. The maximum atomic E-state index is 13.4. The second-order valence-electron chi connectivity index (χ2n) is 8.21. The first-order valence-electron chi connectivity index (χ1n) is 11.0. The van der Waals surface area contributed by atoms with E-state index in [1.165, 1.54) is 6.20 Å². The summed E-state index contributed by atoms with van der Waals surface area (Å²) in [5, 5.41) is 2.88. The smallest absolute Gasteiger partial charge is 0.257 e. The van der Waals surface area contributed by atoms with Crippen LogP contribution in [0.2, 0.25) is 0 Å². The van der Waals surface area contributed by atoms with Crippen molar-refractivity contribution in [2.75, 3.05) is 5.32 Å². The molecule has 2 unspecified atom stereocenters. The SMILES string of the molecule is NC1CCCCC1N(Cc1ccc(NC(=O)c2cccnc2)cc1)C(=O)c1ccccc1. The topological polar surface area (TPSA) is 88.3 Å². The third-order valence-corrected chi connectivity index (χ3v) is 5.95. The number of carbonyl (C=O) groups excluding carboxylic acids is 2. The van der Waals surface area contributed by atoms with Gasteiger partial charge in [-0.1, -0.05) is 43.2 Å². The molecular formula is C26H28N4O2. The minimum Gasteiger partial charge on any atom is -0.330 e. The Labute approximate surface area is 188 Å². The summed E-state index contributed by atoms with van der Waals surface area (Å²) in [5.41, 5.74) is 9.30. The van der Waals surface area contributed by atoms with Crippen LogP contribution >= 0.6 is 0 Å². The third kappa shape index (κ3) is 5.21. The average Bonchev–Trinajstić information content (AvgIpc) is 2.85. The highest BCUT2D eigenvalue weighted by Gasteiger charge is 2.31. The van der Waals surface area contributed by atoms with Crippen LogP contribution < -0.4 is 11.1 Å². The molecule has 2 aromatic carbocycles. The van der Waals surface area contributed by atoms with Gasteiger partial charge in [-0.25, -0.2) is 0 Å². The molecule has 3 N–H and O–H groups in total. The van der Waals surface area contributed by atoms with Crippen molar-refractivity contribution in [3.8, 4) is 0 Å². The number of pyridine rings is 1. The number of nitrogens with zero attached hydrogens (tertiary/aromatic N) is 2. The van der Waals surface area contributed by atoms with Crippen LogP contribution in [0.15, 0.2) is 79.1 Å². The third-order valence-electron chi connectivity index (χ3n) is 5.95. The van der Waals surface area contributed by atoms with Crippen molar-refractivity contribution >= 4 is 17.5 Å². The van der Waals surface area contributed by atoms with E-state index in [-0.39, 0.29) is 23.9 Å². The Kier molecular flexibility index (Phi) is 6.92. The number of nitrogens with one attached hydrogen (secondary N) is 1. The number of amides is 2. The maximum absolute atomic E-state index is 13.4. The molecule has 3 aromatic rings. The van der Waals surface area contributed by atoms with Crippen LogP contribution in [0.1, 0.15) is 52.0 Å². The lowest BCUT2D eigenvalue weighted by Gasteiger charge is -2.38. The van der Waals surface area contributed by atoms with Crippen LogP contribution in [-0.2, 0) is 6.54 Å². The van der Waals surface area contributed by atoms with Gasteiger partial charge in [0.25, 0.3) is 11.8 Å². The Hall–Kier alpha value is -3.51. The molecule has 1 fully saturated rings. The second-order valence-corrected chi connectivity index (χ2v) is 8.21. The van der Waals surface area contributed by atoms with Gasteiger partial charge in [0.15, 0.2) is 0 Å². The number of benzene rings is 2. The Bertz CT molecular complexity index is 1040. The van der Waals surface area contributed by atoms with Crippen molar-refractivity contribution in [1.82, 2.24) is 9.88 Å². The Morgan fingerprint density at radius 3 is 2.34 bits per heavy atom. The highest BCUT2D eigenvalue weighted by Crippen LogP contribution is 2.26. The lowest BCUT2D eigenvalue weighted by Crippen LogP contribution is -2.51. The molecule has 1 saturated carbocycles. The first-order valence-corrected chi connectivity index (χ1v) is 11.0. The van der Waals surface area contributed by atoms with E-state index in [0.717, 1.165) is 31.2 Å². The van der Waals surface area contributed by atoms with E-state index in [2.05, 4.69) is 10.3 Å². The highest BCUT2D eigenvalue weighted by molar-refractivity contribution is 6.04. The van der Waals surface area contributed by atoms with Gasteiger partial charge in [0, 0.05) is 42.3 Å². The van der Waals surface area contributed by atoms with Crippen molar-refractivity contribution in [3.63, 3.8) is 0 Å². The quantitative estimate of drug-likeness (QED) is 0.614. The number of anilines is 1. The molecule has 0 spiro atoms. The standard InChI is InChI=1S/C26H28N4O2/c27-23-10-4-5-11-24(23)30(26(32)20-7-2-1-3-8-20)18-19-12-14-22(15-13-19)29-25(31)21-9-6-16-28-17-21/h1-3,6-9,12-17,23-24H,4-5,10-11,18,27H2,(H,29,31). The molecule has 0 aliphatic heterocycles. The van der Waals surface area contributed by atoms with Gasteiger partial charge in [0.2, 0.25) is 0 Å². The molecule has 1 aliphatic rings. The van der Waals surface area contributed by atoms with Crippen molar-refractivity contribution in [3.05, 3.63) is 95.8 Å². The number of hydrogen-bond donors (Lipinski definition) is 2. The molecular weight excluding hydrogens is 400 g/mol. The minimum atomic E-state index is -0.208. The molecule has 1 aliphatic carbocycles. The summed E-state index contributed by atoms with van der Waals surface area (Å²) in [5.74, 6) is -0.207. The first-order chi connectivity index (χ1) is 15.6. The van der Waals surface area contributed by atoms with E-state index in [0.29, 0.717) is 23.4 Å². The summed E-state index contributed by atoms with van der Waals surface area (Å²) < 4.78 is 0. The molecule has 6 heteroatoms. The number of aromatic nitrogens is 1. The fourth-order valence-electron chi connectivity index (χ4n) is 4.20. The van der Waals surface area contributed by atoms with E-state index in [4.69, 9.17) is 5.73 Å². The van der Waals surface area contributed by atoms with Crippen LogP contribution in [0.25, 0.3) is 0 Å². The molecule has 164 valence electrons. The van der Waals surface area contributed by atoms with E-state index >= 15 is 0 Å². The van der Waals surface area contributed by atoms with Crippen LogP contribution in [-0.4, -0.2) is 33.8 Å². The summed E-state index contributed by atoms with van der Waals surface area (Å²) >= 11 is 0. The molecule has 0 saturated heterocycles. The summed E-state index contributed by atoms with van der Waals surface area (Å²) in [7, 11) is 0. The predicted octanol–water partition coefficient (Wildman–Crippen LogP) is 4.25. The summed E-state index contributed by atoms with van der Waals surface area (Å²) in [4.78, 5) is 31.6. The predicted molar refractivity (Wildman–Crippen MR) is 125 cm³/mol. The zero-order valence-corrected chi connectivity index (χ0v) is 18.0. The lowest BCUT2D eigenvalue weighted by atomic mass is 9.89. The molecule has 2 amide bonds. The number of hydrogen-bond acceptors (Lipinski definition) is 4. The Morgan fingerprint density at radius 1 is 0.938 bits per heavy atom. The molecule has 4 rings (SSSR count). The fraction of sp³-hybridized carbons (Fsp3) is 0.269. The molecule has 6 nitrogen and oxygen atoms in total. The monoisotopic (exact) mass is 428 g/mol. The van der Waals surface area contributed by atoms with E-state index in [1.54, 1.807) is 18.3 Å². The van der Waals surface area contributed by atoms with E-state index in [9.17, 15) is 9.59 Å². The maximum Gasteiger partial charge on any atom is 0.257 e. The molecule has 0 bridgehead atoms. The summed E-state index contributed by atoms with van der Waals surface area (Å²) in [6.07, 6.45) is 7.20. The van der Waals surface area contributed by atoms with Crippen molar-refractivity contribution in [2.45, 2.75) is 44.3 Å². The van der Waals surface area contributed by atoms with Gasteiger partial charge in [-0.3, -0.25) is 14.6 Å². The van der Waals surface area contributed by atoms with Crippen molar-refractivity contribution in [1.29, 1.82) is 0 Å². The van der Waals surface area contributed by atoms with E-state index in [1.807, 2.05) is 59.5 Å². The van der Waals surface area contributed by atoms with Crippen molar-refractivity contribution in [2.24, 2.45) is 5.73 Å². The average molecular weight is 429 g/mol. The molecule has 1 heterocycles. The fourth-order valence-corrected chi connectivity index (χ4v) is 4.20. The highest BCUT2D eigenvalue weighted by atomic mass is 16.2. The first kappa shape index (κ1) is 21.7. The Balaban J connectivity index is 1.50. The van der Waals surface area contributed by atoms with Gasteiger partial charge in [0.1, 0.15) is 0 Å². The molecule has 0 radical (unpaired) electrons.